The minimum Gasteiger partial charge on any atom is -0.421 e. The number of benzene rings is 1. The van der Waals surface area contributed by atoms with E-state index in [1.54, 1.807) is 6.92 Å². The molecule has 0 fully saturated rings. The van der Waals surface area contributed by atoms with E-state index in [1.165, 1.54) is 0 Å². The molecule has 0 aliphatic heterocycles. The van der Waals surface area contributed by atoms with Crippen LogP contribution in [0.5, 0.6) is 0 Å². The van der Waals surface area contributed by atoms with E-state index in [0.717, 1.165) is 17.5 Å². The molecule has 108 valence electrons. The minimum absolute atomic E-state index is 0.451. The van der Waals surface area contributed by atoms with E-state index in [-0.39, 0.29) is 0 Å². The molecule has 0 atom stereocenters. The number of hydrogen-bond acceptors (Lipinski definition) is 6. The van der Waals surface area contributed by atoms with E-state index in [1.807, 2.05) is 24.3 Å². The third kappa shape index (κ3) is 2.84. The van der Waals surface area contributed by atoms with Crippen LogP contribution >= 0.6 is 0 Å². The van der Waals surface area contributed by atoms with Gasteiger partial charge < -0.3 is 8.94 Å². The van der Waals surface area contributed by atoms with Gasteiger partial charge in [-0.15, -0.1) is 10.2 Å². The minimum atomic E-state index is 0.451. The molecule has 0 unspecified atom stereocenters. The van der Waals surface area contributed by atoms with Crippen molar-refractivity contribution in [3.05, 3.63) is 36.0 Å². The summed E-state index contributed by atoms with van der Waals surface area (Å²) in [4.78, 5) is 4.45. The van der Waals surface area contributed by atoms with E-state index >= 15 is 0 Å². The predicted octanol–water partition coefficient (Wildman–Crippen LogP) is 3.29. The van der Waals surface area contributed by atoms with E-state index in [0.29, 0.717) is 29.4 Å². The van der Waals surface area contributed by atoms with Crippen molar-refractivity contribution in [2.24, 2.45) is 5.92 Å². The fraction of sp³-hybridized carbons (Fsp3) is 0.333. The van der Waals surface area contributed by atoms with Crippen LogP contribution in [0.2, 0.25) is 0 Å². The van der Waals surface area contributed by atoms with Crippen molar-refractivity contribution in [2.45, 2.75) is 27.2 Å². The average molecular weight is 284 g/mol. The quantitative estimate of drug-likeness (QED) is 0.731. The summed E-state index contributed by atoms with van der Waals surface area (Å²) in [5.74, 6) is 2.62. The highest BCUT2D eigenvalue weighted by Gasteiger charge is 2.17. The standard InChI is InChI=1S/C15H16N4O2/c1-9(2)8-13-16-14(21-19-13)11-6-4-5-7-12(11)15-18-17-10(3)20-15/h4-7,9H,8H2,1-3H3. The van der Waals surface area contributed by atoms with E-state index in [2.05, 4.69) is 34.2 Å². The lowest BCUT2D eigenvalue weighted by Gasteiger charge is -2.00. The Morgan fingerprint density at radius 2 is 1.76 bits per heavy atom. The molecule has 3 rings (SSSR count). The molecule has 0 bridgehead atoms. The van der Waals surface area contributed by atoms with Gasteiger partial charge in [0, 0.05) is 13.3 Å². The topological polar surface area (TPSA) is 77.8 Å². The van der Waals surface area contributed by atoms with E-state index in [9.17, 15) is 0 Å². The van der Waals surface area contributed by atoms with Crippen molar-refractivity contribution in [3.8, 4) is 22.9 Å². The van der Waals surface area contributed by atoms with Crippen molar-refractivity contribution in [1.82, 2.24) is 20.3 Å². The fourth-order valence-electron chi connectivity index (χ4n) is 2.07. The van der Waals surface area contributed by atoms with Gasteiger partial charge in [-0.1, -0.05) is 31.1 Å². The van der Waals surface area contributed by atoms with Crippen LogP contribution in [0.1, 0.15) is 25.6 Å². The van der Waals surface area contributed by atoms with Gasteiger partial charge in [0.05, 0.1) is 11.1 Å². The first-order valence-electron chi connectivity index (χ1n) is 6.86. The first-order chi connectivity index (χ1) is 10.1. The molecule has 0 N–H and O–H groups in total. The lowest BCUT2D eigenvalue weighted by atomic mass is 10.1. The Morgan fingerprint density at radius 1 is 1.05 bits per heavy atom. The molecule has 6 nitrogen and oxygen atoms in total. The Hall–Kier alpha value is -2.50. The molecular weight excluding hydrogens is 268 g/mol. The van der Waals surface area contributed by atoms with E-state index in [4.69, 9.17) is 8.94 Å². The molecule has 0 aliphatic carbocycles. The molecule has 2 aromatic heterocycles. The van der Waals surface area contributed by atoms with Crippen molar-refractivity contribution < 1.29 is 8.94 Å². The molecule has 6 heteroatoms. The highest BCUT2D eigenvalue weighted by molar-refractivity contribution is 5.75. The van der Waals surface area contributed by atoms with Crippen molar-refractivity contribution in [2.75, 3.05) is 0 Å². The van der Waals surface area contributed by atoms with Crippen LogP contribution in [0, 0.1) is 12.8 Å². The highest BCUT2D eigenvalue weighted by atomic mass is 16.5. The van der Waals surface area contributed by atoms with Crippen molar-refractivity contribution in [3.63, 3.8) is 0 Å². The second-order valence-corrected chi connectivity index (χ2v) is 5.29. The monoisotopic (exact) mass is 284 g/mol. The summed E-state index contributed by atoms with van der Waals surface area (Å²) >= 11 is 0. The summed E-state index contributed by atoms with van der Waals surface area (Å²) in [5, 5.41) is 11.9. The Kier molecular flexibility index (Phi) is 3.51. The van der Waals surface area contributed by atoms with Crippen LogP contribution in [0.4, 0.5) is 0 Å². The number of aromatic nitrogens is 4. The van der Waals surface area contributed by atoms with Gasteiger partial charge in [0.15, 0.2) is 5.82 Å². The number of hydrogen-bond donors (Lipinski definition) is 0. The smallest absolute Gasteiger partial charge is 0.258 e. The molecule has 3 aromatic rings. The predicted molar refractivity (Wildman–Crippen MR) is 76.3 cm³/mol. The SMILES string of the molecule is Cc1nnc(-c2ccccc2-c2nc(CC(C)C)no2)o1. The largest absolute Gasteiger partial charge is 0.421 e. The third-order valence-corrected chi connectivity index (χ3v) is 2.97. The van der Waals surface area contributed by atoms with Gasteiger partial charge in [0.2, 0.25) is 11.8 Å². The summed E-state index contributed by atoms with van der Waals surface area (Å²) in [6, 6.07) is 7.62. The third-order valence-electron chi connectivity index (χ3n) is 2.97. The Bertz CT molecular complexity index is 745. The summed E-state index contributed by atoms with van der Waals surface area (Å²) in [7, 11) is 0. The number of rotatable bonds is 4. The molecule has 1 aromatic carbocycles. The Balaban J connectivity index is 2.01. The molecule has 2 heterocycles. The maximum Gasteiger partial charge on any atom is 0.258 e. The van der Waals surface area contributed by atoms with Gasteiger partial charge in [0.25, 0.3) is 5.89 Å². The maximum absolute atomic E-state index is 5.49. The number of nitrogens with zero attached hydrogens (tertiary/aromatic N) is 4. The normalized spacial score (nSPS) is 11.2. The molecule has 0 radical (unpaired) electrons. The average Bonchev–Trinajstić information content (AvgIpc) is 3.07. The molecular formula is C15H16N4O2. The van der Waals surface area contributed by atoms with Crippen LogP contribution in [-0.4, -0.2) is 20.3 Å². The zero-order chi connectivity index (χ0) is 14.8. The van der Waals surface area contributed by atoms with Crippen molar-refractivity contribution >= 4 is 0 Å². The van der Waals surface area contributed by atoms with Gasteiger partial charge >= 0.3 is 0 Å². The van der Waals surface area contributed by atoms with Crippen LogP contribution < -0.4 is 0 Å². The second-order valence-electron chi connectivity index (χ2n) is 5.29. The number of aryl methyl sites for hydroxylation is 1. The first kappa shape index (κ1) is 13.5. The first-order valence-corrected chi connectivity index (χ1v) is 6.86. The van der Waals surface area contributed by atoms with Gasteiger partial charge in [-0.3, -0.25) is 0 Å². The maximum atomic E-state index is 5.49. The van der Waals surface area contributed by atoms with Crippen LogP contribution in [0.25, 0.3) is 22.9 Å². The fourth-order valence-corrected chi connectivity index (χ4v) is 2.07. The molecule has 0 saturated heterocycles. The lowest BCUT2D eigenvalue weighted by molar-refractivity contribution is 0.417. The van der Waals surface area contributed by atoms with Crippen LogP contribution in [0.15, 0.2) is 33.2 Å². The molecule has 0 amide bonds. The molecule has 0 spiro atoms. The molecule has 0 saturated carbocycles. The second kappa shape index (κ2) is 5.47. The van der Waals surface area contributed by atoms with Gasteiger partial charge in [-0.05, 0) is 18.1 Å². The van der Waals surface area contributed by atoms with E-state index < -0.39 is 0 Å². The van der Waals surface area contributed by atoms with Crippen LogP contribution in [0.3, 0.4) is 0 Å². The summed E-state index contributed by atoms with van der Waals surface area (Å²) in [6.07, 6.45) is 0.783. The van der Waals surface area contributed by atoms with Crippen molar-refractivity contribution in [1.29, 1.82) is 0 Å². The Morgan fingerprint density at radius 3 is 2.38 bits per heavy atom. The Labute approximate surface area is 122 Å². The van der Waals surface area contributed by atoms with Crippen LogP contribution in [-0.2, 0) is 6.42 Å². The summed E-state index contributed by atoms with van der Waals surface area (Å²) in [5.41, 5.74) is 1.58. The summed E-state index contributed by atoms with van der Waals surface area (Å²) in [6.45, 7) is 5.99. The summed E-state index contributed by atoms with van der Waals surface area (Å²) < 4.78 is 10.9. The zero-order valence-corrected chi connectivity index (χ0v) is 12.2. The lowest BCUT2D eigenvalue weighted by Crippen LogP contribution is -1.95. The molecule has 21 heavy (non-hydrogen) atoms. The van der Waals surface area contributed by atoms with Gasteiger partial charge in [0.1, 0.15) is 0 Å². The highest BCUT2D eigenvalue weighted by Crippen LogP contribution is 2.30. The van der Waals surface area contributed by atoms with Gasteiger partial charge in [-0.25, -0.2) is 0 Å². The molecule has 0 aliphatic rings. The zero-order valence-electron chi connectivity index (χ0n) is 12.2. The van der Waals surface area contributed by atoms with Gasteiger partial charge in [-0.2, -0.15) is 4.98 Å².